The molecule has 4 heteroatoms. The second-order valence-corrected chi connectivity index (χ2v) is 4.69. The van der Waals surface area contributed by atoms with Gasteiger partial charge in [-0.15, -0.1) is 0 Å². The minimum atomic E-state index is 0.464. The highest BCUT2D eigenvalue weighted by Gasteiger charge is 2.15. The molecular weight excluding hydrogens is 198 g/mol. The lowest BCUT2D eigenvalue weighted by atomic mass is 10.3. The van der Waals surface area contributed by atoms with Crippen LogP contribution in [0.1, 0.15) is 12.8 Å². The maximum Gasteiger partial charge on any atom is 0.0666 e. The topological polar surface area (TPSA) is 30.5 Å². The minimum Gasteiger partial charge on any atom is -0.383 e. The largest absolute Gasteiger partial charge is 0.383 e. The van der Waals surface area contributed by atoms with Crippen LogP contribution in [0.5, 0.6) is 0 Å². The molecule has 2 atom stereocenters. The molecular formula is C10H21NO2S. The van der Waals surface area contributed by atoms with Crippen molar-refractivity contribution in [2.75, 3.05) is 38.9 Å². The highest BCUT2D eigenvalue weighted by molar-refractivity contribution is 7.99. The van der Waals surface area contributed by atoms with Gasteiger partial charge in [-0.05, 0) is 19.9 Å². The Morgan fingerprint density at radius 3 is 3.07 bits per heavy atom. The van der Waals surface area contributed by atoms with Crippen molar-refractivity contribution >= 4 is 11.8 Å². The molecule has 0 aliphatic carbocycles. The van der Waals surface area contributed by atoms with Gasteiger partial charge in [-0.3, -0.25) is 0 Å². The van der Waals surface area contributed by atoms with Crippen LogP contribution in [0.3, 0.4) is 0 Å². The van der Waals surface area contributed by atoms with E-state index in [0.717, 1.165) is 24.7 Å². The smallest absolute Gasteiger partial charge is 0.0666 e. The number of thioether (sulfide) groups is 1. The number of rotatable bonds is 7. The normalized spacial score (nSPS) is 24.0. The molecule has 1 saturated heterocycles. The summed E-state index contributed by atoms with van der Waals surface area (Å²) in [6.45, 7) is 1.74. The Morgan fingerprint density at radius 1 is 1.64 bits per heavy atom. The third kappa shape index (κ3) is 4.64. The van der Waals surface area contributed by atoms with Crippen LogP contribution in [-0.4, -0.2) is 51.0 Å². The van der Waals surface area contributed by atoms with E-state index in [1.807, 2.05) is 18.8 Å². The van der Waals surface area contributed by atoms with Crippen molar-refractivity contribution in [1.82, 2.24) is 5.32 Å². The molecule has 84 valence electrons. The van der Waals surface area contributed by atoms with E-state index < -0.39 is 0 Å². The van der Waals surface area contributed by atoms with Crippen LogP contribution in [0.25, 0.3) is 0 Å². The molecule has 0 bridgehead atoms. The van der Waals surface area contributed by atoms with Gasteiger partial charge in [0.25, 0.3) is 0 Å². The van der Waals surface area contributed by atoms with E-state index in [2.05, 4.69) is 5.32 Å². The van der Waals surface area contributed by atoms with Crippen LogP contribution in [0.15, 0.2) is 0 Å². The second-order valence-electron chi connectivity index (χ2n) is 3.61. The maximum atomic E-state index is 5.56. The van der Waals surface area contributed by atoms with Gasteiger partial charge in [0.2, 0.25) is 0 Å². The first-order chi connectivity index (χ1) is 6.86. The Bertz CT molecular complexity index is 140. The van der Waals surface area contributed by atoms with Crippen molar-refractivity contribution in [3.63, 3.8) is 0 Å². The van der Waals surface area contributed by atoms with Crippen molar-refractivity contribution in [2.45, 2.75) is 25.0 Å². The number of hydrogen-bond acceptors (Lipinski definition) is 4. The summed E-state index contributed by atoms with van der Waals surface area (Å²) in [5.74, 6) is 2.23. The lowest BCUT2D eigenvalue weighted by Gasteiger charge is -2.15. The molecule has 14 heavy (non-hydrogen) atoms. The van der Waals surface area contributed by atoms with E-state index >= 15 is 0 Å². The van der Waals surface area contributed by atoms with E-state index in [9.17, 15) is 0 Å². The molecule has 3 nitrogen and oxygen atoms in total. The van der Waals surface area contributed by atoms with Gasteiger partial charge in [0.15, 0.2) is 0 Å². The molecule has 0 radical (unpaired) electrons. The highest BCUT2D eigenvalue weighted by Crippen LogP contribution is 2.17. The van der Waals surface area contributed by atoms with E-state index in [1.54, 1.807) is 7.11 Å². The molecule has 1 rings (SSSR count). The van der Waals surface area contributed by atoms with Crippen LogP contribution in [0.2, 0.25) is 0 Å². The van der Waals surface area contributed by atoms with E-state index in [0.29, 0.717) is 12.1 Å². The predicted octanol–water partition coefficient (Wildman–Crippen LogP) is 1.13. The molecule has 1 N–H and O–H groups in total. The monoisotopic (exact) mass is 219 g/mol. The lowest BCUT2D eigenvalue weighted by Crippen LogP contribution is -2.32. The molecule has 2 unspecified atom stereocenters. The van der Waals surface area contributed by atoms with Crippen LogP contribution >= 0.6 is 11.8 Å². The van der Waals surface area contributed by atoms with Gasteiger partial charge in [-0.1, -0.05) is 0 Å². The van der Waals surface area contributed by atoms with Gasteiger partial charge < -0.3 is 14.8 Å². The Labute approximate surface area is 90.9 Å². The summed E-state index contributed by atoms with van der Waals surface area (Å²) in [5, 5.41) is 3.24. The Balaban J connectivity index is 2.00. The van der Waals surface area contributed by atoms with Crippen LogP contribution in [0.4, 0.5) is 0 Å². The molecule has 0 spiro atoms. The first-order valence-corrected chi connectivity index (χ1v) is 6.38. The first kappa shape index (κ1) is 12.3. The number of likely N-dealkylation sites (N-methyl/N-ethyl adjacent to an activating group) is 1. The Hall–Kier alpha value is 0.230. The van der Waals surface area contributed by atoms with E-state index in [4.69, 9.17) is 9.47 Å². The van der Waals surface area contributed by atoms with Crippen molar-refractivity contribution in [3.05, 3.63) is 0 Å². The fourth-order valence-electron chi connectivity index (χ4n) is 1.53. The summed E-state index contributed by atoms with van der Waals surface area (Å²) in [6.07, 6.45) is 2.97. The molecule has 1 heterocycles. The third-order valence-corrected chi connectivity index (χ3v) is 3.67. The number of nitrogens with one attached hydrogen (secondary N) is 1. The van der Waals surface area contributed by atoms with Gasteiger partial charge in [-0.2, -0.15) is 11.8 Å². The zero-order valence-corrected chi connectivity index (χ0v) is 9.94. The average molecular weight is 219 g/mol. The van der Waals surface area contributed by atoms with Crippen LogP contribution in [-0.2, 0) is 9.47 Å². The van der Waals surface area contributed by atoms with Crippen LogP contribution < -0.4 is 5.32 Å². The average Bonchev–Trinajstić information content (AvgIpc) is 2.69. The van der Waals surface area contributed by atoms with Crippen molar-refractivity contribution in [1.29, 1.82) is 0 Å². The quantitative estimate of drug-likeness (QED) is 0.695. The fourth-order valence-corrected chi connectivity index (χ4v) is 2.74. The van der Waals surface area contributed by atoms with Gasteiger partial charge in [0, 0.05) is 31.3 Å². The van der Waals surface area contributed by atoms with Gasteiger partial charge in [0.1, 0.15) is 0 Å². The predicted molar refractivity (Wildman–Crippen MR) is 61.0 cm³/mol. The summed E-state index contributed by atoms with van der Waals surface area (Å²) in [5.41, 5.74) is 0. The Morgan fingerprint density at radius 2 is 2.50 bits per heavy atom. The number of hydrogen-bond donors (Lipinski definition) is 1. The van der Waals surface area contributed by atoms with Crippen molar-refractivity contribution < 1.29 is 9.47 Å². The number of methoxy groups -OCH3 is 1. The second kappa shape index (κ2) is 7.51. The molecule has 1 fully saturated rings. The van der Waals surface area contributed by atoms with Crippen LogP contribution in [0, 0.1) is 0 Å². The SMILES string of the molecule is CNC(COC)CSCC1CCCO1. The van der Waals surface area contributed by atoms with E-state index in [1.165, 1.54) is 12.8 Å². The van der Waals surface area contributed by atoms with Gasteiger partial charge in [0.05, 0.1) is 12.7 Å². The zero-order chi connectivity index (χ0) is 10.2. The molecule has 0 aromatic rings. The summed E-state index contributed by atoms with van der Waals surface area (Å²) < 4.78 is 10.7. The molecule has 0 aromatic carbocycles. The minimum absolute atomic E-state index is 0.464. The third-order valence-electron chi connectivity index (χ3n) is 2.42. The van der Waals surface area contributed by atoms with E-state index in [-0.39, 0.29) is 0 Å². The molecule has 1 aliphatic rings. The molecule has 0 saturated carbocycles. The lowest BCUT2D eigenvalue weighted by molar-refractivity contribution is 0.128. The van der Waals surface area contributed by atoms with Crippen molar-refractivity contribution in [2.24, 2.45) is 0 Å². The Kier molecular flexibility index (Phi) is 6.60. The summed E-state index contributed by atoms with van der Waals surface area (Å²) in [6, 6.07) is 0.464. The molecule has 1 aliphatic heterocycles. The molecule has 0 aromatic heterocycles. The fraction of sp³-hybridized carbons (Fsp3) is 1.00. The molecule has 0 amide bonds. The standard InChI is InChI=1S/C10H21NO2S/c1-11-9(6-12-2)7-14-8-10-4-3-5-13-10/h9-11H,3-8H2,1-2H3. The summed E-state index contributed by atoms with van der Waals surface area (Å²) in [7, 11) is 3.73. The zero-order valence-electron chi connectivity index (χ0n) is 9.12. The van der Waals surface area contributed by atoms with Crippen molar-refractivity contribution in [3.8, 4) is 0 Å². The highest BCUT2D eigenvalue weighted by atomic mass is 32.2. The number of ether oxygens (including phenoxy) is 2. The first-order valence-electron chi connectivity index (χ1n) is 5.22. The maximum absolute atomic E-state index is 5.56. The van der Waals surface area contributed by atoms with Gasteiger partial charge in [-0.25, -0.2) is 0 Å². The summed E-state index contributed by atoms with van der Waals surface area (Å²) in [4.78, 5) is 0. The van der Waals surface area contributed by atoms with Gasteiger partial charge >= 0.3 is 0 Å². The summed E-state index contributed by atoms with van der Waals surface area (Å²) >= 11 is 1.96.